The fraction of sp³-hybridized carbons (Fsp3) is 0.182. The molecule has 1 fully saturated rings. The molecule has 1 atom stereocenters. The SMILES string of the molecule is C#CC(=O)Nc1ccc(C(=O)N2CC[C@H](Nc3ncc4ccccc4n3)C2)cc1. The highest BCUT2D eigenvalue weighted by atomic mass is 16.2. The minimum Gasteiger partial charge on any atom is -0.350 e. The first-order valence-corrected chi connectivity index (χ1v) is 9.27. The molecule has 2 amide bonds. The number of terminal acetylenes is 1. The van der Waals surface area contributed by atoms with Crippen LogP contribution in [0.1, 0.15) is 16.8 Å². The lowest BCUT2D eigenvalue weighted by atomic mass is 10.2. The first kappa shape index (κ1) is 18.4. The van der Waals surface area contributed by atoms with Crippen LogP contribution in [0, 0.1) is 12.3 Å². The number of benzene rings is 2. The third-order valence-electron chi connectivity index (χ3n) is 4.82. The summed E-state index contributed by atoms with van der Waals surface area (Å²) in [6, 6.07) is 14.6. The number of amides is 2. The van der Waals surface area contributed by atoms with Crippen molar-refractivity contribution in [2.45, 2.75) is 12.5 Å². The zero-order valence-corrected chi connectivity index (χ0v) is 15.6. The Bertz CT molecular complexity index is 1100. The molecule has 1 aromatic heterocycles. The molecule has 0 saturated carbocycles. The predicted octanol–water partition coefficient (Wildman–Crippen LogP) is 2.53. The van der Waals surface area contributed by atoms with E-state index in [9.17, 15) is 9.59 Å². The molecule has 4 rings (SSSR count). The second-order valence-corrected chi connectivity index (χ2v) is 6.81. The van der Waals surface area contributed by atoms with Gasteiger partial charge in [0.2, 0.25) is 5.95 Å². The number of carbonyl (C=O) groups is 2. The largest absolute Gasteiger partial charge is 0.350 e. The van der Waals surface area contributed by atoms with E-state index in [2.05, 4.69) is 20.6 Å². The highest BCUT2D eigenvalue weighted by molar-refractivity contribution is 6.03. The van der Waals surface area contributed by atoms with Crippen LogP contribution in [0.25, 0.3) is 10.9 Å². The third-order valence-corrected chi connectivity index (χ3v) is 4.82. The Hall–Kier alpha value is -3.92. The first-order chi connectivity index (χ1) is 14.1. The number of anilines is 2. The van der Waals surface area contributed by atoms with Crippen molar-refractivity contribution < 1.29 is 9.59 Å². The topological polar surface area (TPSA) is 87.2 Å². The van der Waals surface area contributed by atoms with Crippen molar-refractivity contribution >= 4 is 34.4 Å². The molecule has 0 bridgehead atoms. The molecule has 29 heavy (non-hydrogen) atoms. The molecule has 3 aromatic rings. The maximum atomic E-state index is 12.8. The molecule has 1 saturated heterocycles. The summed E-state index contributed by atoms with van der Waals surface area (Å²) in [5.74, 6) is 1.98. The Labute approximate surface area is 168 Å². The summed E-state index contributed by atoms with van der Waals surface area (Å²) in [6.07, 6.45) is 7.65. The van der Waals surface area contributed by atoms with Gasteiger partial charge in [0.25, 0.3) is 11.8 Å². The van der Waals surface area contributed by atoms with Gasteiger partial charge in [-0.1, -0.05) is 18.2 Å². The number of nitrogens with zero attached hydrogens (tertiary/aromatic N) is 3. The fourth-order valence-electron chi connectivity index (χ4n) is 3.33. The van der Waals surface area contributed by atoms with Crippen LogP contribution in [0.2, 0.25) is 0 Å². The van der Waals surface area contributed by atoms with E-state index in [0.717, 1.165) is 17.3 Å². The van der Waals surface area contributed by atoms with Crippen molar-refractivity contribution in [3.05, 3.63) is 60.3 Å². The van der Waals surface area contributed by atoms with Crippen LogP contribution in [-0.2, 0) is 4.79 Å². The van der Waals surface area contributed by atoms with Crippen molar-refractivity contribution in [2.75, 3.05) is 23.7 Å². The number of rotatable bonds is 4. The van der Waals surface area contributed by atoms with Gasteiger partial charge < -0.3 is 15.5 Å². The summed E-state index contributed by atoms with van der Waals surface area (Å²) in [5, 5.41) is 6.86. The Morgan fingerprint density at radius 1 is 1.14 bits per heavy atom. The predicted molar refractivity (Wildman–Crippen MR) is 111 cm³/mol. The van der Waals surface area contributed by atoms with Gasteiger partial charge in [0, 0.05) is 42.0 Å². The average Bonchev–Trinajstić information content (AvgIpc) is 3.22. The fourth-order valence-corrected chi connectivity index (χ4v) is 3.33. The van der Waals surface area contributed by atoms with Crippen LogP contribution >= 0.6 is 0 Å². The average molecular weight is 385 g/mol. The van der Waals surface area contributed by atoms with E-state index < -0.39 is 5.91 Å². The lowest BCUT2D eigenvalue weighted by Gasteiger charge is -2.17. The maximum absolute atomic E-state index is 12.8. The summed E-state index contributed by atoms with van der Waals surface area (Å²) >= 11 is 0. The van der Waals surface area contributed by atoms with Gasteiger partial charge in [-0.2, -0.15) is 0 Å². The molecule has 2 heterocycles. The van der Waals surface area contributed by atoms with Crippen LogP contribution < -0.4 is 10.6 Å². The van der Waals surface area contributed by atoms with Gasteiger partial charge in [0.1, 0.15) is 0 Å². The van der Waals surface area contributed by atoms with Crippen LogP contribution in [0.4, 0.5) is 11.6 Å². The first-order valence-electron chi connectivity index (χ1n) is 9.27. The summed E-state index contributed by atoms with van der Waals surface area (Å²) in [7, 11) is 0. The van der Waals surface area contributed by atoms with Gasteiger partial charge in [0.05, 0.1) is 5.52 Å². The molecule has 7 nitrogen and oxygen atoms in total. The standard InChI is InChI=1S/C22H19N5O2/c1-2-20(28)24-17-9-7-15(8-10-17)21(29)27-12-11-18(14-27)25-22-23-13-16-5-3-4-6-19(16)26-22/h1,3-10,13,18H,11-12,14H2,(H,24,28)(H,23,25,26)/t18-/m0/s1. The lowest BCUT2D eigenvalue weighted by molar-refractivity contribution is -0.111. The van der Waals surface area contributed by atoms with Crippen molar-refractivity contribution in [1.82, 2.24) is 14.9 Å². The minimum atomic E-state index is -0.520. The molecular weight excluding hydrogens is 366 g/mol. The Balaban J connectivity index is 1.38. The second-order valence-electron chi connectivity index (χ2n) is 6.81. The van der Waals surface area contributed by atoms with Crippen molar-refractivity contribution in [3.63, 3.8) is 0 Å². The van der Waals surface area contributed by atoms with Crippen LogP contribution in [0.3, 0.4) is 0 Å². The number of likely N-dealkylation sites (tertiary alicyclic amines) is 1. The van der Waals surface area contributed by atoms with E-state index in [1.807, 2.05) is 30.2 Å². The second kappa shape index (κ2) is 7.98. The number of para-hydroxylation sites is 1. The van der Waals surface area contributed by atoms with Crippen LogP contribution in [0.15, 0.2) is 54.7 Å². The normalized spacial score (nSPS) is 15.7. The van der Waals surface area contributed by atoms with E-state index in [0.29, 0.717) is 30.3 Å². The van der Waals surface area contributed by atoms with Gasteiger partial charge in [-0.3, -0.25) is 9.59 Å². The van der Waals surface area contributed by atoms with Gasteiger partial charge >= 0.3 is 0 Å². The molecule has 2 N–H and O–H groups in total. The molecule has 1 aliphatic rings. The van der Waals surface area contributed by atoms with Gasteiger partial charge in [-0.15, -0.1) is 6.42 Å². The van der Waals surface area contributed by atoms with Crippen LogP contribution in [-0.4, -0.2) is 45.8 Å². The Morgan fingerprint density at radius 3 is 2.72 bits per heavy atom. The molecular formula is C22H19N5O2. The summed E-state index contributed by atoms with van der Waals surface area (Å²) in [6.45, 7) is 1.23. The number of aromatic nitrogens is 2. The highest BCUT2D eigenvalue weighted by Gasteiger charge is 2.27. The number of carbonyl (C=O) groups excluding carboxylic acids is 2. The third kappa shape index (κ3) is 4.17. The molecule has 1 aliphatic heterocycles. The number of fused-ring (bicyclic) bond motifs is 1. The van der Waals surface area contributed by atoms with E-state index >= 15 is 0 Å². The zero-order chi connectivity index (χ0) is 20.2. The quantitative estimate of drug-likeness (QED) is 0.674. The zero-order valence-electron chi connectivity index (χ0n) is 15.6. The number of hydrogen-bond donors (Lipinski definition) is 2. The molecule has 0 spiro atoms. The van der Waals surface area contributed by atoms with Crippen molar-refractivity contribution in [2.24, 2.45) is 0 Å². The van der Waals surface area contributed by atoms with Crippen LogP contribution in [0.5, 0.6) is 0 Å². The molecule has 7 heteroatoms. The lowest BCUT2D eigenvalue weighted by Crippen LogP contribution is -2.31. The molecule has 0 unspecified atom stereocenters. The highest BCUT2D eigenvalue weighted by Crippen LogP contribution is 2.19. The number of hydrogen-bond acceptors (Lipinski definition) is 5. The summed E-state index contributed by atoms with van der Waals surface area (Å²) in [5.41, 5.74) is 2.00. The molecule has 2 aromatic carbocycles. The van der Waals surface area contributed by atoms with Gasteiger partial charge in [-0.25, -0.2) is 9.97 Å². The molecule has 0 radical (unpaired) electrons. The van der Waals surface area contributed by atoms with E-state index in [1.54, 1.807) is 35.4 Å². The Kier molecular flexibility index (Phi) is 5.08. The van der Waals surface area contributed by atoms with Gasteiger partial charge in [-0.05, 0) is 42.7 Å². The monoisotopic (exact) mass is 385 g/mol. The van der Waals surface area contributed by atoms with Gasteiger partial charge in [0.15, 0.2) is 0 Å². The maximum Gasteiger partial charge on any atom is 0.300 e. The van der Waals surface area contributed by atoms with E-state index in [-0.39, 0.29) is 11.9 Å². The van der Waals surface area contributed by atoms with Crippen molar-refractivity contribution in [1.29, 1.82) is 0 Å². The minimum absolute atomic E-state index is 0.0523. The smallest absolute Gasteiger partial charge is 0.300 e. The molecule has 144 valence electrons. The Morgan fingerprint density at radius 2 is 1.93 bits per heavy atom. The van der Waals surface area contributed by atoms with E-state index in [1.165, 1.54) is 0 Å². The summed E-state index contributed by atoms with van der Waals surface area (Å²) in [4.78, 5) is 34.7. The molecule has 0 aliphatic carbocycles. The van der Waals surface area contributed by atoms with Crippen molar-refractivity contribution in [3.8, 4) is 12.3 Å². The number of nitrogens with one attached hydrogen (secondary N) is 2. The van der Waals surface area contributed by atoms with E-state index in [4.69, 9.17) is 6.42 Å². The summed E-state index contributed by atoms with van der Waals surface area (Å²) < 4.78 is 0.